The van der Waals surface area contributed by atoms with Crippen LogP contribution in [-0.4, -0.2) is 9.97 Å². The third-order valence-electron chi connectivity index (χ3n) is 3.77. The molecule has 106 valence electrons. The van der Waals surface area contributed by atoms with Crippen molar-refractivity contribution in [3.8, 4) is 0 Å². The van der Waals surface area contributed by atoms with Crippen LogP contribution in [-0.2, 0) is 11.8 Å². The van der Waals surface area contributed by atoms with Gasteiger partial charge in [0.25, 0.3) is 0 Å². The maximum atomic E-state index is 13.1. The summed E-state index contributed by atoms with van der Waals surface area (Å²) < 4.78 is 13.7. The second-order valence-electron chi connectivity index (χ2n) is 5.48. The van der Waals surface area contributed by atoms with Crippen molar-refractivity contribution in [3.05, 3.63) is 57.4 Å². The van der Waals surface area contributed by atoms with E-state index >= 15 is 0 Å². The van der Waals surface area contributed by atoms with Gasteiger partial charge in [0.2, 0.25) is 0 Å². The molecular formula is C16H19FN2S. The number of hydrogen-bond acceptors (Lipinski definition) is 2. The van der Waals surface area contributed by atoms with Crippen LogP contribution in [0.3, 0.4) is 0 Å². The van der Waals surface area contributed by atoms with Gasteiger partial charge in [-0.3, -0.25) is 0 Å². The zero-order valence-electron chi connectivity index (χ0n) is 12.2. The van der Waals surface area contributed by atoms with E-state index in [2.05, 4.69) is 30.7 Å². The Bertz CT molecular complexity index is 672. The highest BCUT2D eigenvalue weighted by Crippen LogP contribution is 2.29. The van der Waals surface area contributed by atoms with Gasteiger partial charge in [0.1, 0.15) is 16.3 Å². The van der Waals surface area contributed by atoms with E-state index in [-0.39, 0.29) is 11.2 Å². The molecule has 0 saturated carbocycles. The Morgan fingerprint density at radius 2 is 1.85 bits per heavy atom. The third-order valence-corrected chi connectivity index (χ3v) is 4.17. The molecule has 0 saturated heterocycles. The van der Waals surface area contributed by atoms with Gasteiger partial charge in [-0.15, -0.1) is 0 Å². The lowest BCUT2D eigenvalue weighted by Gasteiger charge is -2.25. The van der Waals surface area contributed by atoms with Crippen molar-refractivity contribution < 1.29 is 4.39 Å². The van der Waals surface area contributed by atoms with Crippen LogP contribution in [0.4, 0.5) is 4.39 Å². The van der Waals surface area contributed by atoms with Crippen LogP contribution in [0.1, 0.15) is 43.4 Å². The van der Waals surface area contributed by atoms with E-state index in [9.17, 15) is 4.39 Å². The predicted octanol–water partition coefficient (Wildman–Crippen LogP) is 4.48. The van der Waals surface area contributed by atoms with Gasteiger partial charge in [-0.1, -0.05) is 31.3 Å². The van der Waals surface area contributed by atoms with Gasteiger partial charge in [-0.2, -0.15) is 0 Å². The smallest absolute Gasteiger partial charge is 0.132 e. The van der Waals surface area contributed by atoms with Gasteiger partial charge in [0.05, 0.1) is 0 Å². The maximum Gasteiger partial charge on any atom is 0.132 e. The van der Waals surface area contributed by atoms with Gasteiger partial charge in [-0.05, 0) is 44.9 Å². The van der Waals surface area contributed by atoms with Crippen molar-refractivity contribution in [2.75, 3.05) is 0 Å². The minimum Gasteiger partial charge on any atom is -0.346 e. The Morgan fingerprint density at radius 1 is 1.25 bits per heavy atom. The summed E-state index contributed by atoms with van der Waals surface area (Å²) in [6, 6.07) is 6.53. The van der Waals surface area contributed by atoms with E-state index in [1.807, 2.05) is 6.92 Å². The molecule has 0 radical (unpaired) electrons. The molecule has 0 amide bonds. The zero-order valence-corrected chi connectivity index (χ0v) is 13.1. The average Bonchev–Trinajstić information content (AvgIpc) is 2.42. The first-order valence-corrected chi connectivity index (χ1v) is 7.13. The predicted molar refractivity (Wildman–Crippen MR) is 82.1 cm³/mol. The normalized spacial score (nSPS) is 11.7. The molecule has 0 bridgehead atoms. The van der Waals surface area contributed by atoms with Crippen LogP contribution in [0.25, 0.3) is 0 Å². The number of nitrogens with zero attached hydrogens (tertiary/aromatic N) is 1. The van der Waals surface area contributed by atoms with Crippen molar-refractivity contribution in [1.29, 1.82) is 0 Å². The van der Waals surface area contributed by atoms with Gasteiger partial charge in [-0.25, -0.2) is 9.37 Å². The van der Waals surface area contributed by atoms with Gasteiger partial charge in [0.15, 0.2) is 0 Å². The van der Waals surface area contributed by atoms with E-state index in [1.54, 1.807) is 12.1 Å². The molecule has 0 unspecified atom stereocenters. The second-order valence-corrected chi connectivity index (χ2v) is 5.87. The Balaban J connectivity index is 2.56. The monoisotopic (exact) mass is 290 g/mol. The maximum absolute atomic E-state index is 13.1. The molecule has 1 aromatic heterocycles. The molecule has 0 aliphatic carbocycles. The van der Waals surface area contributed by atoms with Crippen LogP contribution in [0.15, 0.2) is 24.3 Å². The van der Waals surface area contributed by atoms with Gasteiger partial charge in [0, 0.05) is 16.7 Å². The molecule has 0 aliphatic heterocycles. The van der Waals surface area contributed by atoms with Crippen molar-refractivity contribution in [1.82, 2.24) is 9.97 Å². The Morgan fingerprint density at radius 3 is 2.40 bits per heavy atom. The molecular weight excluding hydrogens is 271 g/mol. The molecule has 1 N–H and O–H groups in total. The first-order chi connectivity index (χ1) is 9.36. The minimum absolute atomic E-state index is 0.233. The largest absolute Gasteiger partial charge is 0.346 e. The molecule has 20 heavy (non-hydrogen) atoms. The summed E-state index contributed by atoms with van der Waals surface area (Å²) in [7, 11) is 0. The number of aryl methyl sites for hydroxylation is 1. The molecule has 0 atom stereocenters. The quantitative estimate of drug-likeness (QED) is 0.845. The van der Waals surface area contributed by atoms with Crippen LogP contribution in [0, 0.1) is 17.4 Å². The van der Waals surface area contributed by atoms with E-state index in [0.717, 1.165) is 29.1 Å². The molecule has 0 fully saturated rings. The SMILES string of the molecule is CCc1[nH]c(C(C)(C)c2ccc(F)cc2)nc(=S)c1C. The van der Waals surface area contributed by atoms with E-state index < -0.39 is 0 Å². The number of benzene rings is 1. The first-order valence-electron chi connectivity index (χ1n) is 6.72. The molecule has 2 rings (SSSR count). The third kappa shape index (κ3) is 2.66. The molecule has 4 heteroatoms. The highest BCUT2D eigenvalue weighted by Gasteiger charge is 2.26. The highest BCUT2D eigenvalue weighted by molar-refractivity contribution is 7.71. The van der Waals surface area contributed by atoms with Crippen LogP contribution in [0.2, 0.25) is 0 Å². The van der Waals surface area contributed by atoms with Crippen molar-refractivity contribution in [2.45, 2.75) is 39.5 Å². The zero-order chi connectivity index (χ0) is 14.9. The number of rotatable bonds is 3. The summed E-state index contributed by atoms with van der Waals surface area (Å²) in [5.41, 5.74) is 2.79. The highest BCUT2D eigenvalue weighted by atomic mass is 32.1. The lowest BCUT2D eigenvalue weighted by atomic mass is 9.83. The van der Waals surface area contributed by atoms with Gasteiger partial charge < -0.3 is 4.98 Å². The minimum atomic E-state index is -0.348. The second kappa shape index (κ2) is 5.44. The molecule has 1 aromatic carbocycles. The molecule has 2 nitrogen and oxygen atoms in total. The Hall–Kier alpha value is -1.55. The number of aromatic amines is 1. The average molecular weight is 290 g/mol. The van der Waals surface area contributed by atoms with Crippen LogP contribution in [0.5, 0.6) is 0 Å². The lowest BCUT2D eigenvalue weighted by molar-refractivity contribution is 0.577. The molecule has 1 heterocycles. The first kappa shape index (κ1) is 14.9. The van der Waals surface area contributed by atoms with Crippen molar-refractivity contribution >= 4 is 12.2 Å². The lowest BCUT2D eigenvalue weighted by Crippen LogP contribution is -2.23. The number of nitrogens with one attached hydrogen (secondary N) is 1. The van der Waals surface area contributed by atoms with Crippen molar-refractivity contribution in [2.24, 2.45) is 0 Å². The van der Waals surface area contributed by atoms with Crippen molar-refractivity contribution in [3.63, 3.8) is 0 Å². The standard InChI is InChI=1S/C16H19FN2S/c1-5-13-10(2)14(20)19-15(18-13)16(3,4)11-6-8-12(17)9-7-11/h6-9H,5H2,1-4H3,(H,18,19,20). The summed E-state index contributed by atoms with van der Waals surface area (Å²) in [6.07, 6.45) is 0.879. The number of halogens is 1. The van der Waals surface area contributed by atoms with Crippen LogP contribution < -0.4 is 0 Å². The van der Waals surface area contributed by atoms with E-state index in [1.165, 1.54) is 12.1 Å². The van der Waals surface area contributed by atoms with Gasteiger partial charge >= 0.3 is 0 Å². The molecule has 2 aromatic rings. The fourth-order valence-electron chi connectivity index (χ4n) is 2.23. The number of H-pyrrole nitrogens is 1. The number of hydrogen-bond donors (Lipinski definition) is 1. The summed E-state index contributed by atoms with van der Waals surface area (Å²) in [5.74, 6) is 0.583. The summed E-state index contributed by atoms with van der Waals surface area (Å²) >= 11 is 5.34. The summed E-state index contributed by atoms with van der Waals surface area (Å²) in [4.78, 5) is 7.90. The topological polar surface area (TPSA) is 28.7 Å². The fourth-order valence-corrected chi connectivity index (χ4v) is 2.45. The van der Waals surface area contributed by atoms with E-state index in [4.69, 9.17) is 12.2 Å². The fraction of sp³-hybridized carbons (Fsp3) is 0.375. The van der Waals surface area contributed by atoms with E-state index in [0.29, 0.717) is 4.64 Å². The number of aromatic nitrogens is 2. The summed E-state index contributed by atoms with van der Waals surface area (Å²) in [5, 5.41) is 0. The Labute approximate surface area is 124 Å². The van der Waals surface area contributed by atoms with Crippen LogP contribution >= 0.6 is 12.2 Å². The molecule has 0 aliphatic rings. The Kier molecular flexibility index (Phi) is 4.04. The summed E-state index contributed by atoms with van der Waals surface area (Å²) in [6.45, 7) is 8.19. The molecule has 0 spiro atoms.